The lowest BCUT2D eigenvalue weighted by Crippen LogP contribution is -2.23. The van der Waals surface area contributed by atoms with Crippen molar-refractivity contribution in [1.82, 2.24) is 0 Å². The maximum atomic E-state index is 9.33. The Morgan fingerprint density at radius 2 is 2.00 bits per heavy atom. The minimum absolute atomic E-state index is 0.0583. The van der Waals surface area contributed by atoms with E-state index >= 15 is 0 Å². The molecule has 1 N–H and O–H groups in total. The van der Waals surface area contributed by atoms with Crippen molar-refractivity contribution in [3.8, 4) is 5.75 Å². The van der Waals surface area contributed by atoms with Crippen LogP contribution in [0.4, 0.5) is 0 Å². The van der Waals surface area contributed by atoms with Crippen LogP contribution in [-0.4, -0.2) is 18.8 Å². The van der Waals surface area contributed by atoms with Gasteiger partial charge in [-0.3, -0.25) is 0 Å². The molecule has 0 amide bonds. The number of halogens is 1. The second-order valence-corrected chi connectivity index (χ2v) is 4.70. The highest BCUT2D eigenvalue weighted by Gasteiger charge is 2.25. The molecule has 0 unspecified atom stereocenters. The predicted octanol–water partition coefficient (Wildman–Crippen LogP) is 2.93. The predicted molar refractivity (Wildman–Crippen MR) is 62.9 cm³/mol. The van der Waals surface area contributed by atoms with E-state index in [1.807, 2.05) is 32.9 Å². The molecule has 0 bridgehead atoms. The monoisotopic (exact) mass is 228 g/mol. The molecule has 0 spiro atoms. The van der Waals surface area contributed by atoms with Gasteiger partial charge in [-0.25, -0.2) is 0 Å². The number of aliphatic hydroxyl groups is 1. The van der Waals surface area contributed by atoms with Crippen LogP contribution in [0.3, 0.4) is 0 Å². The molecule has 0 saturated heterocycles. The summed E-state index contributed by atoms with van der Waals surface area (Å²) in [5, 5.41) is 9.95. The van der Waals surface area contributed by atoms with E-state index in [0.717, 1.165) is 11.1 Å². The summed E-state index contributed by atoms with van der Waals surface area (Å²) in [6.45, 7) is 5.90. The highest BCUT2D eigenvalue weighted by molar-refractivity contribution is 6.33. The Hall–Kier alpha value is -0.730. The third-order valence-corrected chi connectivity index (χ3v) is 3.09. The van der Waals surface area contributed by atoms with Gasteiger partial charge in [-0.15, -0.1) is 0 Å². The molecule has 1 rings (SSSR count). The molecule has 0 radical (unpaired) electrons. The molecule has 0 heterocycles. The van der Waals surface area contributed by atoms with E-state index in [0.29, 0.717) is 10.8 Å². The van der Waals surface area contributed by atoms with Crippen LogP contribution < -0.4 is 4.74 Å². The summed E-state index contributed by atoms with van der Waals surface area (Å²) in [5.74, 6) is 0.663. The normalized spacial score (nSPS) is 11.6. The Balaban J connectivity index is 3.37. The molecular formula is C12H17ClO2. The van der Waals surface area contributed by atoms with Crippen LogP contribution in [0.25, 0.3) is 0 Å². The first-order valence-electron chi connectivity index (χ1n) is 4.88. The van der Waals surface area contributed by atoms with E-state index in [2.05, 4.69) is 0 Å². The molecule has 0 fully saturated rings. The fourth-order valence-electron chi connectivity index (χ4n) is 1.47. The van der Waals surface area contributed by atoms with E-state index in [4.69, 9.17) is 16.3 Å². The van der Waals surface area contributed by atoms with Gasteiger partial charge in [-0.2, -0.15) is 0 Å². The van der Waals surface area contributed by atoms with Crippen LogP contribution in [0, 0.1) is 6.92 Å². The summed E-state index contributed by atoms with van der Waals surface area (Å²) < 4.78 is 5.30. The first kappa shape index (κ1) is 12.3. The number of aryl methyl sites for hydroxylation is 1. The van der Waals surface area contributed by atoms with Crippen molar-refractivity contribution in [1.29, 1.82) is 0 Å². The standard InChI is InChI=1S/C12H17ClO2/c1-8-5-6-9(12(2,3)7-14)11(15-4)10(8)13/h5-6,14H,7H2,1-4H3. The number of benzene rings is 1. The number of ether oxygens (including phenoxy) is 1. The van der Waals surface area contributed by atoms with Crippen LogP contribution in [0.5, 0.6) is 5.75 Å². The second-order valence-electron chi connectivity index (χ2n) is 4.32. The van der Waals surface area contributed by atoms with Crippen molar-refractivity contribution < 1.29 is 9.84 Å². The van der Waals surface area contributed by atoms with E-state index in [1.165, 1.54) is 0 Å². The van der Waals surface area contributed by atoms with Gasteiger partial charge in [0, 0.05) is 11.0 Å². The molecule has 0 atom stereocenters. The van der Waals surface area contributed by atoms with Crippen LogP contribution in [0.1, 0.15) is 25.0 Å². The molecule has 0 aromatic heterocycles. The van der Waals surface area contributed by atoms with Gasteiger partial charge in [0.15, 0.2) is 0 Å². The van der Waals surface area contributed by atoms with E-state index < -0.39 is 0 Å². The molecule has 1 aromatic carbocycles. The molecule has 15 heavy (non-hydrogen) atoms. The second kappa shape index (κ2) is 4.42. The quantitative estimate of drug-likeness (QED) is 0.862. The van der Waals surface area contributed by atoms with E-state index in [1.54, 1.807) is 7.11 Å². The van der Waals surface area contributed by atoms with Gasteiger partial charge >= 0.3 is 0 Å². The van der Waals surface area contributed by atoms with Gasteiger partial charge in [0.05, 0.1) is 18.7 Å². The topological polar surface area (TPSA) is 29.5 Å². The fraction of sp³-hybridized carbons (Fsp3) is 0.500. The molecular weight excluding hydrogens is 212 g/mol. The Kier molecular flexibility index (Phi) is 3.63. The summed E-state index contributed by atoms with van der Waals surface area (Å²) in [6, 6.07) is 3.90. The van der Waals surface area contributed by atoms with Gasteiger partial charge in [-0.1, -0.05) is 37.6 Å². The van der Waals surface area contributed by atoms with Crippen LogP contribution in [0.2, 0.25) is 5.02 Å². The third kappa shape index (κ3) is 2.27. The average Bonchev–Trinajstić information content (AvgIpc) is 2.21. The average molecular weight is 229 g/mol. The fourth-order valence-corrected chi connectivity index (χ4v) is 1.71. The third-order valence-electron chi connectivity index (χ3n) is 2.62. The lowest BCUT2D eigenvalue weighted by atomic mass is 9.84. The van der Waals surface area contributed by atoms with Crippen molar-refractivity contribution in [3.63, 3.8) is 0 Å². The molecule has 1 aromatic rings. The Morgan fingerprint density at radius 3 is 2.47 bits per heavy atom. The first-order valence-corrected chi connectivity index (χ1v) is 5.26. The van der Waals surface area contributed by atoms with Gasteiger partial charge in [0.1, 0.15) is 5.75 Å². The molecule has 0 aliphatic rings. The molecule has 3 heteroatoms. The first-order chi connectivity index (χ1) is 6.94. The van der Waals surface area contributed by atoms with Gasteiger partial charge in [0.25, 0.3) is 0 Å². The molecule has 2 nitrogen and oxygen atoms in total. The number of hydrogen-bond acceptors (Lipinski definition) is 2. The zero-order valence-electron chi connectivity index (χ0n) is 9.60. The molecule has 0 aliphatic carbocycles. The van der Waals surface area contributed by atoms with Gasteiger partial charge in [-0.05, 0) is 12.5 Å². The maximum absolute atomic E-state index is 9.33. The Bertz CT molecular complexity index is 359. The summed E-state index contributed by atoms with van der Waals surface area (Å²) in [6.07, 6.45) is 0. The van der Waals surface area contributed by atoms with Crippen molar-refractivity contribution in [2.45, 2.75) is 26.2 Å². The summed E-state index contributed by atoms with van der Waals surface area (Å²) >= 11 is 6.15. The minimum atomic E-state index is -0.345. The molecule has 0 aliphatic heterocycles. The molecule has 0 saturated carbocycles. The summed E-state index contributed by atoms with van der Waals surface area (Å²) in [4.78, 5) is 0. The van der Waals surface area contributed by atoms with Crippen molar-refractivity contribution in [2.24, 2.45) is 0 Å². The maximum Gasteiger partial charge on any atom is 0.141 e. The van der Waals surface area contributed by atoms with E-state index in [9.17, 15) is 5.11 Å². The van der Waals surface area contributed by atoms with Crippen LogP contribution in [0.15, 0.2) is 12.1 Å². The zero-order valence-corrected chi connectivity index (χ0v) is 10.4. The zero-order chi connectivity index (χ0) is 11.6. The van der Waals surface area contributed by atoms with Gasteiger partial charge < -0.3 is 9.84 Å². The van der Waals surface area contributed by atoms with Crippen molar-refractivity contribution in [2.75, 3.05) is 13.7 Å². The van der Waals surface area contributed by atoms with Crippen molar-refractivity contribution in [3.05, 3.63) is 28.3 Å². The van der Waals surface area contributed by atoms with Crippen LogP contribution in [-0.2, 0) is 5.41 Å². The number of rotatable bonds is 3. The Labute approximate surface area is 95.8 Å². The van der Waals surface area contributed by atoms with Gasteiger partial charge in [0.2, 0.25) is 0 Å². The SMILES string of the molecule is COc1c(C(C)(C)CO)ccc(C)c1Cl. The van der Waals surface area contributed by atoms with Crippen LogP contribution >= 0.6 is 11.6 Å². The van der Waals surface area contributed by atoms with E-state index in [-0.39, 0.29) is 12.0 Å². The largest absolute Gasteiger partial charge is 0.495 e. The number of methoxy groups -OCH3 is 1. The highest BCUT2D eigenvalue weighted by atomic mass is 35.5. The smallest absolute Gasteiger partial charge is 0.141 e. The number of aliphatic hydroxyl groups excluding tert-OH is 1. The minimum Gasteiger partial charge on any atom is -0.495 e. The summed E-state index contributed by atoms with van der Waals surface area (Å²) in [5.41, 5.74) is 1.57. The molecule has 84 valence electrons. The summed E-state index contributed by atoms with van der Waals surface area (Å²) in [7, 11) is 1.59. The Morgan fingerprint density at radius 1 is 1.40 bits per heavy atom. The highest BCUT2D eigenvalue weighted by Crippen LogP contribution is 2.38. The lowest BCUT2D eigenvalue weighted by Gasteiger charge is -2.25. The number of hydrogen-bond donors (Lipinski definition) is 1. The van der Waals surface area contributed by atoms with Crippen molar-refractivity contribution >= 4 is 11.6 Å². The lowest BCUT2D eigenvalue weighted by molar-refractivity contribution is 0.215.